The molecule has 2 N–H and O–H groups in total. The van der Waals surface area contributed by atoms with E-state index < -0.39 is 5.60 Å². The molecule has 1 aliphatic carbocycles. The number of aliphatic hydroxyl groups is 1. The lowest BCUT2D eigenvalue weighted by atomic mass is 9.84. The molecule has 0 radical (unpaired) electrons. The summed E-state index contributed by atoms with van der Waals surface area (Å²) in [6, 6.07) is 0.660. The summed E-state index contributed by atoms with van der Waals surface area (Å²) >= 11 is 1.88. The van der Waals surface area contributed by atoms with Gasteiger partial charge in [-0.3, -0.25) is 0 Å². The predicted octanol–water partition coefficient (Wildman–Crippen LogP) is 2.41. The van der Waals surface area contributed by atoms with Gasteiger partial charge in [0.05, 0.1) is 5.60 Å². The van der Waals surface area contributed by atoms with Crippen molar-refractivity contribution in [3.05, 3.63) is 0 Å². The number of thioether (sulfide) groups is 1. The minimum Gasteiger partial charge on any atom is -0.388 e. The van der Waals surface area contributed by atoms with Gasteiger partial charge in [0.1, 0.15) is 0 Å². The molecule has 0 spiro atoms. The van der Waals surface area contributed by atoms with Crippen molar-refractivity contribution in [2.24, 2.45) is 5.92 Å². The van der Waals surface area contributed by atoms with Gasteiger partial charge in [-0.2, -0.15) is 11.8 Å². The summed E-state index contributed by atoms with van der Waals surface area (Å²) in [6.07, 6.45) is 7.69. The van der Waals surface area contributed by atoms with Crippen molar-refractivity contribution in [1.82, 2.24) is 5.32 Å². The Morgan fingerprint density at radius 1 is 1.44 bits per heavy atom. The highest BCUT2D eigenvalue weighted by Crippen LogP contribution is 2.29. The Kier molecular flexibility index (Phi) is 4.57. The molecule has 0 bridgehead atoms. The number of hydrogen-bond donors (Lipinski definition) is 2. The highest BCUT2D eigenvalue weighted by Gasteiger charge is 2.32. The van der Waals surface area contributed by atoms with Crippen molar-refractivity contribution < 1.29 is 5.11 Å². The van der Waals surface area contributed by atoms with Crippen LogP contribution in [0.5, 0.6) is 0 Å². The molecule has 1 aliphatic heterocycles. The van der Waals surface area contributed by atoms with E-state index in [1.807, 2.05) is 11.8 Å². The Labute approximate surface area is 104 Å². The summed E-state index contributed by atoms with van der Waals surface area (Å²) in [5.41, 5.74) is -0.413. The SMILES string of the molecule is CCC1CCCC(NCC2(O)CCSC2)C1. The van der Waals surface area contributed by atoms with Crippen molar-refractivity contribution in [1.29, 1.82) is 0 Å². The van der Waals surface area contributed by atoms with E-state index in [4.69, 9.17) is 0 Å². The molecule has 2 aliphatic rings. The van der Waals surface area contributed by atoms with Gasteiger partial charge in [-0.05, 0) is 30.9 Å². The van der Waals surface area contributed by atoms with Crippen molar-refractivity contribution in [2.75, 3.05) is 18.1 Å². The second-order valence-corrected chi connectivity index (χ2v) is 6.65. The van der Waals surface area contributed by atoms with Gasteiger partial charge in [0, 0.05) is 18.3 Å². The molecule has 94 valence electrons. The molecule has 2 nitrogen and oxygen atoms in total. The monoisotopic (exact) mass is 243 g/mol. The molecule has 3 heteroatoms. The van der Waals surface area contributed by atoms with E-state index in [9.17, 15) is 5.11 Å². The molecule has 3 unspecified atom stereocenters. The first-order valence-electron chi connectivity index (χ1n) is 6.75. The van der Waals surface area contributed by atoms with Gasteiger partial charge in [0.25, 0.3) is 0 Å². The lowest BCUT2D eigenvalue weighted by Gasteiger charge is -2.32. The van der Waals surface area contributed by atoms with Crippen LogP contribution in [0.4, 0.5) is 0 Å². The molecular formula is C13H25NOS. The third kappa shape index (κ3) is 3.38. The maximum absolute atomic E-state index is 10.3. The molecule has 1 saturated carbocycles. The van der Waals surface area contributed by atoms with E-state index in [0.29, 0.717) is 6.04 Å². The summed E-state index contributed by atoms with van der Waals surface area (Å²) in [4.78, 5) is 0. The van der Waals surface area contributed by atoms with Gasteiger partial charge >= 0.3 is 0 Å². The Morgan fingerprint density at radius 2 is 2.31 bits per heavy atom. The van der Waals surface area contributed by atoms with Gasteiger partial charge < -0.3 is 10.4 Å². The van der Waals surface area contributed by atoms with Crippen LogP contribution in [0, 0.1) is 5.92 Å². The van der Waals surface area contributed by atoms with E-state index in [2.05, 4.69) is 12.2 Å². The molecule has 0 amide bonds. The third-order valence-corrected chi connectivity index (χ3v) is 5.40. The fraction of sp³-hybridized carbons (Fsp3) is 1.00. The molecule has 3 atom stereocenters. The third-order valence-electron chi connectivity index (χ3n) is 4.16. The molecule has 1 saturated heterocycles. The second-order valence-electron chi connectivity index (χ2n) is 5.55. The average molecular weight is 243 g/mol. The Morgan fingerprint density at radius 3 is 3.00 bits per heavy atom. The van der Waals surface area contributed by atoms with E-state index >= 15 is 0 Å². The zero-order valence-electron chi connectivity index (χ0n) is 10.4. The zero-order valence-corrected chi connectivity index (χ0v) is 11.2. The molecule has 0 aromatic carbocycles. The van der Waals surface area contributed by atoms with Crippen molar-refractivity contribution >= 4 is 11.8 Å². The highest BCUT2D eigenvalue weighted by atomic mass is 32.2. The van der Waals surface area contributed by atoms with E-state index in [-0.39, 0.29) is 0 Å². The smallest absolute Gasteiger partial charge is 0.0869 e. The minimum absolute atomic E-state index is 0.413. The van der Waals surface area contributed by atoms with Gasteiger partial charge in [0.15, 0.2) is 0 Å². The van der Waals surface area contributed by atoms with Gasteiger partial charge in [-0.15, -0.1) is 0 Å². The minimum atomic E-state index is -0.413. The van der Waals surface area contributed by atoms with Gasteiger partial charge in [-0.25, -0.2) is 0 Å². The Hall–Kier alpha value is 0.270. The maximum atomic E-state index is 10.3. The standard InChI is InChI=1S/C13H25NOS/c1-2-11-4-3-5-12(8-11)14-9-13(15)6-7-16-10-13/h11-12,14-15H,2-10H2,1H3. The summed E-state index contributed by atoms with van der Waals surface area (Å²) < 4.78 is 0. The van der Waals surface area contributed by atoms with E-state index in [0.717, 1.165) is 30.4 Å². The second kappa shape index (κ2) is 5.74. The van der Waals surface area contributed by atoms with Crippen LogP contribution >= 0.6 is 11.8 Å². The quantitative estimate of drug-likeness (QED) is 0.795. The van der Waals surface area contributed by atoms with Crippen molar-refractivity contribution in [2.45, 2.75) is 57.1 Å². The van der Waals surface area contributed by atoms with Crippen LogP contribution in [0.3, 0.4) is 0 Å². The maximum Gasteiger partial charge on any atom is 0.0869 e. The molecule has 2 rings (SSSR count). The Balaban J connectivity index is 1.72. The first kappa shape index (κ1) is 12.7. The predicted molar refractivity (Wildman–Crippen MR) is 70.9 cm³/mol. The largest absolute Gasteiger partial charge is 0.388 e. The van der Waals surface area contributed by atoms with Crippen LogP contribution in [0.15, 0.2) is 0 Å². The highest BCUT2D eigenvalue weighted by molar-refractivity contribution is 7.99. The van der Waals surface area contributed by atoms with Crippen LogP contribution in [-0.2, 0) is 0 Å². The first-order chi connectivity index (χ1) is 7.72. The zero-order chi connectivity index (χ0) is 11.4. The number of rotatable bonds is 4. The first-order valence-corrected chi connectivity index (χ1v) is 7.91. The van der Waals surface area contributed by atoms with Crippen LogP contribution in [0.2, 0.25) is 0 Å². The van der Waals surface area contributed by atoms with Crippen molar-refractivity contribution in [3.8, 4) is 0 Å². The van der Waals surface area contributed by atoms with E-state index in [1.165, 1.54) is 32.1 Å². The molecule has 2 fully saturated rings. The summed E-state index contributed by atoms with van der Waals surface area (Å²) in [6.45, 7) is 3.11. The molecule has 0 aromatic rings. The molecule has 1 heterocycles. The lowest BCUT2D eigenvalue weighted by molar-refractivity contribution is 0.0615. The molecule has 16 heavy (non-hydrogen) atoms. The Bertz CT molecular complexity index is 216. The van der Waals surface area contributed by atoms with Crippen LogP contribution < -0.4 is 5.32 Å². The van der Waals surface area contributed by atoms with Crippen LogP contribution in [0.1, 0.15) is 45.4 Å². The summed E-state index contributed by atoms with van der Waals surface area (Å²) in [5, 5.41) is 13.9. The summed E-state index contributed by atoms with van der Waals surface area (Å²) in [5.74, 6) is 2.96. The average Bonchev–Trinajstić information content (AvgIpc) is 2.75. The molecular weight excluding hydrogens is 218 g/mol. The fourth-order valence-corrected chi connectivity index (χ4v) is 4.21. The fourth-order valence-electron chi connectivity index (χ4n) is 2.92. The van der Waals surface area contributed by atoms with Crippen LogP contribution in [-0.4, -0.2) is 34.8 Å². The number of nitrogens with one attached hydrogen (secondary N) is 1. The lowest BCUT2D eigenvalue weighted by Crippen LogP contribution is -2.46. The molecule has 0 aromatic heterocycles. The normalized spacial score (nSPS) is 40.1. The van der Waals surface area contributed by atoms with Gasteiger partial charge in [-0.1, -0.05) is 26.2 Å². The van der Waals surface area contributed by atoms with Crippen molar-refractivity contribution in [3.63, 3.8) is 0 Å². The van der Waals surface area contributed by atoms with Crippen LogP contribution in [0.25, 0.3) is 0 Å². The summed E-state index contributed by atoms with van der Waals surface area (Å²) in [7, 11) is 0. The van der Waals surface area contributed by atoms with E-state index in [1.54, 1.807) is 0 Å². The topological polar surface area (TPSA) is 32.3 Å². The van der Waals surface area contributed by atoms with Gasteiger partial charge in [0.2, 0.25) is 0 Å². The number of hydrogen-bond acceptors (Lipinski definition) is 3.